The SMILES string of the molecule is CC(=O)/C=C(\C)O.CC(=O)/C=C(\C)O.[Cl][Ge][Cl]. The first-order valence-corrected chi connectivity index (χ1v) is 9.90. The summed E-state index contributed by atoms with van der Waals surface area (Å²) in [5.74, 6) is -0.125. The van der Waals surface area contributed by atoms with Gasteiger partial charge in [-0.1, -0.05) is 0 Å². The van der Waals surface area contributed by atoms with Gasteiger partial charge in [-0.25, -0.2) is 0 Å². The zero-order valence-corrected chi connectivity index (χ0v) is 13.7. The van der Waals surface area contributed by atoms with Crippen molar-refractivity contribution in [1.29, 1.82) is 0 Å². The Kier molecular flexibility index (Phi) is 19.9. The molecular weight excluding hydrogens is 328 g/mol. The van der Waals surface area contributed by atoms with Gasteiger partial charge in [0, 0.05) is 12.2 Å². The molecule has 0 amide bonds. The molecule has 0 aromatic rings. The maximum atomic E-state index is 10.0. The van der Waals surface area contributed by atoms with Crippen molar-refractivity contribution in [3.05, 3.63) is 23.7 Å². The minimum atomic E-state index is -0.556. The van der Waals surface area contributed by atoms with E-state index in [2.05, 4.69) is 0 Å². The van der Waals surface area contributed by atoms with Crippen molar-refractivity contribution in [2.45, 2.75) is 27.7 Å². The summed E-state index contributed by atoms with van der Waals surface area (Å²) in [6.07, 6.45) is 2.33. The summed E-state index contributed by atoms with van der Waals surface area (Å²) >= 11 is -0.556. The number of rotatable bonds is 2. The van der Waals surface area contributed by atoms with E-state index in [4.69, 9.17) is 30.2 Å². The molecule has 0 spiro atoms. The Morgan fingerprint density at radius 3 is 1.06 bits per heavy atom. The summed E-state index contributed by atoms with van der Waals surface area (Å²) in [4.78, 5) is 20.0. The molecule has 0 heterocycles. The molecule has 17 heavy (non-hydrogen) atoms. The van der Waals surface area contributed by atoms with Gasteiger partial charge in [-0.15, -0.1) is 0 Å². The Bertz CT molecular complexity index is 252. The Labute approximate surface area is 116 Å². The van der Waals surface area contributed by atoms with Crippen molar-refractivity contribution < 1.29 is 19.8 Å². The summed E-state index contributed by atoms with van der Waals surface area (Å²) in [6, 6.07) is 0. The Morgan fingerprint density at radius 2 is 1.06 bits per heavy atom. The van der Waals surface area contributed by atoms with Gasteiger partial charge < -0.3 is 10.2 Å². The molecule has 0 rings (SSSR count). The van der Waals surface area contributed by atoms with Crippen LogP contribution in [0.15, 0.2) is 23.7 Å². The molecule has 0 aromatic carbocycles. The van der Waals surface area contributed by atoms with Gasteiger partial charge in [-0.2, -0.15) is 0 Å². The average Bonchev–Trinajstić information content (AvgIpc) is 1.99. The number of hydrogen-bond donors (Lipinski definition) is 2. The second kappa shape index (κ2) is 15.5. The quantitative estimate of drug-likeness (QED) is 0.459. The normalized spacial score (nSPS) is 10.5. The van der Waals surface area contributed by atoms with Crippen LogP contribution in [0.25, 0.3) is 0 Å². The first-order valence-electron chi connectivity index (χ1n) is 4.39. The molecule has 7 heteroatoms. The van der Waals surface area contributed by atoms with Crippen LogP contribution in [0.1, 0.15) is 27.7 Å². The zero-order chi connectivity index (χ0) is 14.4. The van der Waals surface area contributed by atoms with Crippen molar-refractivity contribution in [2.24, 2.45) is 0 Å². The van der Waals surface area contributed by atoms with Crippen LogP contribution < -0.4 is 0 Å². The van der Waals surface area contributed by atoms with Crippen molar-refractivity contribution in [1.82, 2.24) is 0 Å². The molecule has 0 saturated carbocycles. The van der Waals surface area contributed by atoms with Crippen LogP contribution in [0.2, 0.25) is 0 Å². The number of aliphatic hydroxyl groups excluding tert-OH is 2. The molecule has 0 aliphatic carbocycles. The number of carbonyl (C=O) groups is 2. The van der Waals surface area contributed by atoms with Crippen LogP contribution in [0.4, 0.5) is 0 Å². The fraction of sp³-hybridized carbons (Fsp3) is 0.400. The van der Waals surface area contributed by atoms with Gasteiger partial charge in [0.1, 0.15) is 0 Å². The van der Waals surface area contributed by atoms with Crippen LogP contribution in [-0.4, -0.2) is 35.4 Å². The van der Waals surface area contributed by atoms with Gasteiger partial charge in [-0.05, 0) is 27.7 Å². The van der Waals surface area contributed by atoms with E-state index in [1.54, 1.807) is 0 Å². The van der Waals surface area contributed by atoms with E-state index in [-0.39, 0.29) is 23.1 Å². The Hall–Kier alpha value is -0.457. The molecule has 0 unspecified atom stereocenters. The summed E-state index contributed by atoms with van der Waals surface area (Å²) in [5, 5.41) is 16.7. The number of carbonyl (C=O) groups excluding carboxylic acids is 2. The minimum absolute atomic E-state index is 0.0625. The maximum absolute atomic E-state index is 10.0. The third kappa shape index (κ3) is 50.1. The fourth-order valence-corrected chi connectivity index (χ4v) is 0.588. The topological polar surface area (TPSA) is 74.6 Å². The van der Waals surface area contributed by atoms with Crippen LogP contribution in [0.3, 0.4) is 0 Å². The third-order valence-electron chi connectivity index (χ3n) is 0.824. The van der Waals surface area contributed by atoms with E-state index in [9.17, 15) is 9.59 Å². The van der Waals surface area contributed by atoms with Crippen LogP contribution in [0, 0.1) is 0 Å². The Balaban J connectivity index is -0.000000188. The summed E-state index contributed by atoms with van der Waals surface area (Å²) in [7, 11) is 9.78. The van der Waals surface area contributed by atoms with E-state index >= 15 is 0 Å². The molecule has 0 aromatic heterocycles. The molecule has 2 N–H and O–H groups in total. The van der Waals surface area contributed by atoms with E-state index in [1.807, 2.05) is 0 Å². The molecule has 98 valence electrons. The molecule has 0 fully saturated rings. The average molecular weight is 344 g/mol. The zero-order valence-electron chi connectivity index (χ0n) is 10.1. The molecule has 0 aliphatic heterocycles. The van der Waals surface area contributed by atoms with Gasteiger partial charge in [-0.3, -0.25) is 9.59 Å². The van der Waals surface area contributed by atoms with Crippen molar-refractivity contribution >= 4 is 45.2 Å². The second-order valence-electron chi connectivity index (χ2n) is 2.86. The summed E-state index contributed by atoms with van der Waals surface area (Å²) in [6.45, 7) is 5.70. The van der Waals surface area contributed by atoms with Crippen molar-refractivity contribution in [3.63, 3.8) is 0 Å². The van der Waals surface area contributed by atoms with Crippen molar-refractivity contribution in [3.8, 4) is 0 Å². The van der Waals surface area contributed by atoms with Crippen LogP contribution >= 0.6 is 20.0 Å². The van der Waals surface area contributed by atoms with Gasteiger partial charge in [0.15, 0.2) is 11.6 Å². The van der Waals surface area contributed by atoms with Crippen molar-refractivity contribution in [2.75, 3.05) is 0 Å². The summed E-state index contributed by atoms with van der Waals surface area (Å²) < 4.78 is 0. The van der Waals surface area contributed by atoms with Gasteiger partial charge >= 0.3 is 33.6 Å². The summed E-state index contributed by atoms with van der Waals surface area (Å²) in [5.41, 5.74) is 0. The molecule has 0 aliphatic rings. The number of ketones is 2. The number of halogens is 2. The molecule has 0 saturated heterocycles. The monoisotopic (exact) mass is 344 g/mol. The standard InChI is InChI=1S/2C5H8O2.Cl2Ge/c2*1-4(6)3-5(2)7;1-3-2/h2*3,6H,1-2H3;/b2*4-3+;. The fourth-order valence-electron chi connectivity index (χ4n) is 0.588. The Morgan fingerprint density at radius 1 is 0.882 bits per heavy atom. The van der Waals surface area contributed by atoms with Gasteiger partial charge in [0.25, 0.3) is 0 Å². The number of aliphatic hydroxyl groups is 2. The molecule has 0 atom stereocenters. The first kappa shape index (κ1) is 21.8. The predicted molar refractivity (Wildman–Crippen MR) is 71.6 cm³/mol. The third-order valence-corrected chi connectivity index (χ3v) is 0.824. The van der Waals surface area contributed by atoms with E-state index in [1.165, 1.54) is 39.8 Å². The predicted octanol–water partition coefficient (Wildman–Crippen LogP) is 3.07. The van der Waals surface area contributed by atoms with E-state index in [0.717, 1.165) is 0 Å². The number of hydrogen-bond acceptors (Lipinski definition) is 4. The van der Waals surface area contributed by atoms with Crippen LogP contribution in [-0.2, 0) is 9.59 Å². The second-order valence-corrected chi connectivity index (χ2v) is 6.13. The van der Waals surface area contributed by atoms with E-state index in [0.29, 0.717) is 0 Å². The first-order chi connectivity index (χ1) is 7.67. The van der Waals surface area contributed by atoms with E-state index < -0.39 is 13.6 Å². The molecule has 2 radical (unpaired) electrons. The van der Waals surface area contributed by atoms with Gasteiger partial charge in [0.2, 0.25) is 0 Å². The van der Waals surface area contributed by atoms with Crippen LogP contribution in [0.5, 0.6) is 0 Å². The molecule has 0 bridgehead atoms. The van der Waals surface area contributed by atoms with Gasteiger partial charge in [0.05, 0.1) is 11.5 Å². The molecule has 4 nitrogen and oxygen atoms in total. The molecular formula is C10H16Cl2GeO4. The number of allylic oxidation sites excluding steroid dienone is 4.